The summed E-state index contributed by atoms with van der Waals surface area (Å²) in [5.41, 5.74) is 1.60. The highest BCUT2D eigenvalue weighted by molar-refractivity contribution is 5.93. The van der Waals surface area contributed by atoms with Gasteiger partial charge in [-0.15, -0.1) is 0 Å². The molecule has 204 valence electrons. The van der Waals surface area contributed by atoms with E-state index >= 15 is 0 Å². The molecule has 1 aliphatic heterocycles. The molecule has 1 aliphatic rings. The number of amides is 2. The number of nitrogens with zero attached hydrogens (tertiary/aromatic N) is 2. The monoisotopic (exact) mass is 522 g/mol. The molecule has 0 radical (unpaired) electrons. The zero-order chi connectivity index (χ0) is 28.0. The smallest absolute Gasteiger partial charge is 0.329 e. The van der Waals surface area contributed by atoms with Gasteiger partial charge in [0.05, 0.1) is 0 Å². The lowest BCUT2D eigenvalue weighted by Crippen LogP contribution is -2.57. The lowest BCUT2D eigenvalue weighted by Gasteiger charge is -2.37. The standard InChI is InChI=1S/C30H38N2O6/c1-19(2)25-29(35)37-24(18-22-15-11-8-12-16-22)28(34)32(6)26(20(3)4)30(36)38-23(27(33)31(25)5)17-21-13-9-7-10-14-21/h7-16,19-20,23-26H,17-18H2,1-6H3/t23-,24+,25-,26-/m1/s1. The number of cyclic esters (lactones) is 2. The summed E-state index contributed by atoms with van der Waals surface area (Å²) < 4.78 is 11.7. The van der Waals surface area contributed by atoms with E-state index in [1.165, 1.54) is 23.9 Å². The lowest BCUT2D eigenvalue weighted by atomic mass is 9.98. The SMILES string of the molecule is CC(C)[C@@H]1C(=O)O[C@H](Cc2ccccc2)C(=O)N(C)[C@H](C(C)C)C(=O)O[C@@H](Cc2ccccc2)C(=O)N1C. The van der Waals surface area contributed by atoms with Gasteiger partial charge in [0.25, 0.3) is 11.8 Å². The molecule has 0 bridgehead atoms. The fraction of sp³-hybridized carbons (Fsp3) is 0.467. The molecule has 1 heterocycles. The largest absolute Gasteiger partial charge is 0.450 e. The van der Waals surface area contributed by atoms with Crippen LogP contribution in [0, 0.1) is 11.8 Å². The van der Waals surface area contributed by atoms with Crippen LogP contribution in [0.4, 0.5) is 0 Å². The predicted octanol–water partition coefficient (Wildman–Crippen LogP) is 3.28. The predicted molar refractivity (Wildman–Crippen MR) is 143 cm³/mol. The molecule has 0 N–H and O–H groups in total. The molecule has 8 heteroatoms. The highest BCUT2D eigenvalue weighted by Crippen LogP contribution is 2.22. The van der Waals surface area contributed by atoms with Crippen LogP contribution in [0.15, 0.2) is 60.7 Å². The number of benzene rings is 2. The Morgan fingerprint density at radius 1 is 0.605 bits per heavy atom. The minimum absolute atomic E-state index is 0.134. The molecule has 1 saturated heterocycles. The van der Waals surface area contributed by atoms with Crippen LogP contribution < -0.4 is 0 Å². The molecule has 0 unspecified atom stereocenters. The van der Waals surface area contributed by atoms with Gasteiger partial charge in [-0.1, -0.05) is 88.4 Å². The molecule has 1 fully saturated rings. The molecule has 0 spiro atoms. The van der Waals surface area contributed by atoms with Crippen molar-refractivity contribution >= 4 is 23.8 Å². The molecular formula is C30H38N2O6. The summed E-state index contributed by atoms with van der Waals surface area (Å²) in [6.45, 7) is 7.20. The summed E-state index contributed by atoms with van der Waals surface area (Å²) in [4.78, 5) is 57.1. The van der Waals surface area contributed by atoms with Crippen LogP contribution in [0.2, 0.25) is 0 Å². The first kappa shape index (κ1) is 28.9. The summed E-state index contributed by atoms with van der Waals surface area (Å²) >= 11 is 0. The third-order valence-corrected chi connectivity index (χ3v) is 6.87. The second-order valence-electron chi connectivity index (χ2n) is 10.5. The van der Waals surface area contributed by atoms with Gasteiger partial charge in [-0.2, -0.15) is 0 Å². The number of hydrogen-bond acceptors (Lipinski definition) is 6. The highest BCUT2D eigenvalue weighted by Gasteiger charge is 2.43. The van der Waals surface area contributed by atoms with Crippen molar-refractivity contribution in [1.82, 2.24) is 9.80 Å². The Labute approximate surface area is 224 Å². The van der Waals surface area contributed by atoms with Gasteiger partial charge < -0.3 is 19.3 Å². The van der Waals surface area contributed by atoms with Crippen molar-refractivity contribution in [2.24, 2.45) is 11.8 Å². The molecule has 3 rings (SSSR count). The second-order valence-corrected chi connectivity index (χ2v) is 10.5. The van der Waals surface area contributed by atoms with Crippen LogP contribution in [0.25, 0.3) is 0 Å². The van der Waals surface area contributed by atoms with Crippen molar-refractivity contribution < 1.29 is 28.7 Å². The Bertz CT molecular complexity index is 1030. The first-order chi connectivity index (χ1) is 18.0. The molecule has 0 aromatic heterocycles. The highest BCUT2D eigenvalue weighted by atomic mass is 16.6. The van der Waals surface area contributed by atoms with Crippen molar-refractivity contribution in [3.63, 3.8) is 0 Å². The zero-order valence-corrected chi connectivity index (χ0v) is 23.0. The van der Waals surface area contributed by atoms with Crippen LogP contribution in [0.3, 0.4) is 0 Å². The van der Waals surface area contributed by atoms with E-state index in [0.29, 0.717) is 0 Å². The van der Waals surface area contributed by atoms with Crippen LogP contribution in [0.5, 0.6) is 0 Å². The van der Waals surface area contributed by atoms with Gasteiger partial charge in [0.1, 0.15) is 12.1 Å². The average molecular weight is 523 g/mol. The fourth-order valence-electron chi connectivity index (χ4n) is 4.92. The van der Waals surface area contributed by atoms with Crippen molar-refractivity contribution in [1.29, 1.82) is 0 Å². The number of carbonyl (C=O) groups is 4. The maximum absolute atomic E-state index is 13.7. The van der Waals surface area contributed by atoms with E-state index in [0.717, 1.165) is 11.1 Å². The van der Waals surface area contributed by atoms with E-state index in [4.69, 9.17) is 9.47 Å². The maximum atomic E-state index is 13.7. The first-order valence-electron chi connectivity index (χ1n) is 13.0. The summed E-state index contributed by atoms with van der Waals surface area (Å²) in [7, 11) is 3.01. The number of rotatable bonds is 6. The number of ether oxygens (including phenoxy) is 2. The van der Waals surface area contributed by atoms with Gasteiger partial charge >= 0.3 is 11.9 Å². The number of likely N-dealkylation sites (N-methyl/N-ethyl adjacent to an activating group) is 2. The van der Waals surface area contributed by atoms with Gasteiger partial charge in [0.15, 0.2) is 12.2 Å². The first-order valence-corrected chi connectivity index (χ1v) is 13.0. The van der Waals surface area contributed by atoms with Crippen molar-refractivity contribution in [3.8, 4) is 0 Å². The lowest BCUT2D eigenvalue weighted by molar-refractivity contribution is -0.178. The minimum Gasteiger partial charge on any atom is -0.450 e. The van der Waals surface area contributed by atoms with Gasteiger partial charge in [-0.3, -0.25) is 9.59 Å². The summed E-state index contributed by atoms with van der Waals surface area (Å²) in [5.74, 6) is -3.00. The van der Waals surface area contributed by atoms with Crippen molar-refractivity contribution in [3.05, 3.63) is 71.8 Å². The third-order valence-electron chi connectivity index (χ3n) is 6.87. The van der Waals surface area contributed by atoms with E-state index < -0.39 is 48.0 Å². The van der Waals surface area contributed by atoms with Crippen molar-refractivity contribution in [2.45, 2.75) is 64.8 Å². The van der Waals surface area contributed by atoms with E-state index in [2.05, 4.69) is 0 Å². The van der Waals surface area contributed by atoms with Crippen LogP contribution in [0.1, 0.15) is 38.8 Å². The Morgan fingerprint density at radius 2 is 0.921 bits per heavy atom. The quantitative estimate of drug-likeness (QED) is 0.541. The van der Waals surface area contributed by atoms with Crippen LogP contribution in [-0.2, 0) is 41.5 Å². The summed E-state index contributed by atoms with van der Waals surface area (Å²) in [5, 5.41) is 0. The molecule has 8 nitrogen and oxygen atoms in total. The van der Waals surface area contributed by atoms with E-state index in [1.807, 2.05) is 60.7 Å². The van der Waals surface area contributed by atoms with Crippen LogP contribution >= 0.6 is 0 Å². The number of hydrogen-bond donors (Lipinski definition) is 0. The summed E-state index contributed by atoms with van der Waals surface area (Å²) in [6, 6.07) is 16.5. The van der Waals surface area contributed by atoms with E-state index in [-0.39, 0.29) is 24.7 Å². The fourth-order valence-corrected chi connectivity index (χ4v) is 4.92. The van der Waals surface area contributed by atoms with Crippen molar-refractivity contribution in [2.75, 3.05) is 14.1 Å². The molecule has 2 amide bonds. The van der Waals surface area contributed by atoms with Gasteiger partial charge in [0, 0.05) is 26.9 Å². The Kier molecular flexibility index (Phi) is 9.66. The molecule has 2 aromatic carbocycles. The topological polar surface area (TPSA) is 93.2 Å². The molecule has 2 aromatic rings. The molecule has 38 heavy (non-hydrogen) atoms. The molecule has 0 saturated carbocycles. The average Bonchev–Trinajstić information content (AvgIpc) is 2.87. The molecule has 0 aliphatic carbocycles. The summed E-state index contributed by atoms with van der Waals surface area (Å²) in [6.07, 6.45) is -2.08. The Balaban J connectivity index is 2.06. The third kappa shape index (κ3) is 6.79. The van der Waals surface area contributed by atoms with Gasteiger partial charge in [-0.05, 0) is 23.0 Å². The van der Waals surface area contributed by atoms with E-state index in [1.54, 1.807) is 27.7 Å². The Morgan fingerprint density at radius 3 is 1.21 bits per heavy atom. The second kappa shape index (κ2) is 12.7. The normalized spacial score (nSPS) is 23.7. The zero-order valence-electron chi connectivity index (χ0n) is 23.0. The maximum Gasteiger partial charge on any atom is 0.329 e. The Hall–Kier alpha value is -3.68. The number of esters is 2. The van der Waals surface area contributed by atoms with E-state index in [9.17, 15) is 19.2 Å². The van der Waals surface area contributed by atoms with Crippen LogP contribution in [-0.4, -0.2) is 71.9 Å². The molecule has 4 atom stereocenters. The number of carbonyl (C=O) groups excluding carboxylic acids is 4. The minimum atomic E-state index is -1.17. The van der Waals surface area contributed by atoms with Gasteiger partial charge in [0.2, 0.25) is 0 Å². The van der Waals surface area contributed by atoms with Gasteiger partial charge in [-0.25, -0.2) is 9.59 Å². The molecular weight excluding hydrogens is 484 g/mol.